The highest BCUT2D eigenvalue weighted by atomic mass is 16.5. The molecular formula is C16H18O5. The van der Waals surface area contributed by atoms with Crippen molar-refractivity contribution in [1.82, 2.24) is 0 Å². The van der Waals surface area contributed by atoms with Crippen LogP contribution >= 0.6 is 0 Å². The number of hydrogen-bond donors (Lipinski definition) is 0. The molecule has 0 amide bonds. The van der Waals surface area contributed by atoms with Crippen molar-refractivity contribution in [2.24, 2.45) is 0 Å². The summed E-state index contributed by atoms with van der Waals surface area (Å²) in [5, 5.41) is 1.04. The van der Waals surface area contributed by atoms with Crippen LogP contribution in [-0.4, -0.2) is 14.2 Å². The van der Waals surface area contributed by atoms with Crippen molar-refractivity contribution in [2.45, 2.75) is 20.8 Å². The van der Waals surface area contributed by atoms with Gasteiger partial charge in [-0.1, -0.05) is 13.8 Å². The van der Waals surface area contributed by atoms with E-state index in [1.54, 1.807) is 13.0 Å². The van der Waals surface area contributed by atoms with Gasteiger partial charge in [-0.25, -0.2) is 0 Å². The molecule has 3 aromatic rings. The van der Waals surface area contributed by atoms with E-state index in [9.17, 15) is 4.79 Å². The third kappa shape index (κ3) is 2.24. The highest BCUT2D eigenvalue weighted by molar-refractivity contribution is 6.06. The Morgan fingerprint density at radius 3 is 2.33 bits per heavy atom. The lowest BCUT2D eigenvalue weighted by atomic mass is 10.1. The summed E-state index contributed by atoms with van der Waals surface area (Å²) in [6.07, 6.45) is 1.52. The van der Waals surface area contributed by atoms with E-state index in [0.29, 0.717) is 39.2 Å². The van der Waals surface area contributed by atoms with Crippen molar-refractivity contribution in [3.8, 4) is 11.5 Å². The fourth-order valence-corrected chi connectivity index (χ4v) is 2.28. The number of methoxy groups -OCH3 is 2. The zero-order chi connectivity index (χ0) is 15.6. The third-order valence-corrected chi connectivity index (χ3v) is 3.03. The van der Waals surface area contributed by atoms with Gasteiger partial charge in [0, 0.05) is 6.07 Å². The van der Waals surface area contributed by atoms with Crippen LogP contribution in [0.3, 0.4) is 0 Å². The van der Waals surface area contributed by atoms with E-state index in [4.69, 9.17) is 18.3 Å². The van der Waals surface area contributed by atoms with E-state index in [0.717, 1.165) is 0 Å². The molecule has 0 radical (unpaired) electrons. The van der Waals surface area contributed by atoms with Crippen LogP contribution < -0.4 is 14.9 Å². The first kappa shape index (κ1) is 15.0. The lowest BCUT2D eigenvalue weighted by Crippen LogP contribution is -2.04. The molecule has 0 fully saturated rings. The van der Waals surface area contributed by atoms with Crippen LogP contribution in [0.2, 0.25) is 0 Å². The molecule has 0 spiro atoms. The predicted octanol–water partition coefficient (Wildman–Crippen LogP) is 3.89. The second kappa shape index (κ2) is 5.91. The summed E-state index contributed by atoms with van der Waals surface area (Å²) in [5.74, 6) is 1.34. The van der Waals surface area contributed by atoms with Gasteiger partial charge >= 0.3 is 0 Å². The highest BCUT2D eigenvalue weighted by Crippen LogP contribution is 2.41. The topological polar surface area (TPSA) is 61.8 Å². The van der Waals surface area contributed by atoms with Crippen LogP contribution in [0.1, 0.15) is 19.6 Å². The van der Waals surface area contributed by atoms with Crippen molar-refractivity contribution in [3.05, 3.63) is 34.4 Å². The van der Waals surface area contributed by atoms with E-state index in [1.165, 1.54) is 26.5 Å². The molecule has 0 saturated carbocycles. The van der Waals surface area contributed by atoms with Gasteiger partial charge < -0.3 is 18.3 Å². The Hall–Kier alpha value is -2.43. The Balaban J connectivity index is 0.000000774. The van der Waals surface area contributed by atoms with Gasteiger partial charge in [0.15, 0.2) is 16.6 Å². The molecule has 0 bridgehead atoms. The van der Waals surface area contributed by atoms with Crippen molar-refractivity contribution in [1.29, 1.82) is 0 Å². The first-order chi connectivity index (χ1) is 10.2. The summed E-state index contributed by atoms with van der Waals surface area (Å²) in [4.78, 5) is 12.2. The zero-order valence-corrected chi connectivity index (χ0v) is 12.8. The maximum atomic E-state index is 12.2. The van der Waals surface area contributed by atoms with Gasteiger partial charge in [-0.3, -0.25) is 4.79 Å². The van der Waals surface area contributed by atoms with Crippen LogP contribution in [0.15, 0.2) is 32.0 Å². The first-order valence-corrected chi connectivity index (χ1v) is 6.73. The molecule has 2 heterocycles. The van der Waals surface area contributed by atoms with Crippen molar-refractivity contribution >= 4 is 21.9 Å². The highest BCUT2D eigenvalue weighted by Gasteiger charge is 2.21. The number of hydrogen-bond acceptors (Lipinski definition) is 5. The van der Waals surface area contributed by atoms with Gasteiger partial charge in [0.05, 0.1) is 25.9 Å². The Morgan fingerprint density at radius 1 is 1.05 bits per heavy atom. The molecule has 0 aliphatic rings. The number of rotatable bonds is 2. The summed E-state index contributed by atoms with van der Waals surface area (Å²) in [6.45, 7) is 5.71. The van der Waals surface area contributed by atoms with Gasteiger partial charge in [-0.05, 0) is 13.0 Å². The molecule has 5 heteroatoms. The average molecular weight is 290 g/mol. The molecule has 5 nitrogen and oxygen atoms in total. The first-order valence-electron chi connectivity index (χ1n) is 6.73. The minimum atomic E-state index is -0.169. The van der Waals surface area contributed by atoms with Gasteiger partial charge in [-0.15, -0.1) is 0 Å². The van der Waals surface area contributed by atoms with E-state index in [2.05, 4.69) is 0 Å². The monoisotopic (exact) mass is 290 g/mol. The smallest absolute Gasteiger partial charge is 0.206 e. The lowest BCUT2D eigenvalue weighted by molar-refractivity contribution is 0.398. The third-order valence-electron chi connectivity index (χ3n) is 3.03. The number of ether oxygens (including phenoxy) is 2. The standard InChI is InChI=1S/C14H12O5.C2H6/c1-7-6-9(15)10-11(16-2)8-4-5-18-12(8)14(17-3)13(10)19-7;1-2/h4-6H,1-3H3;1-2H3. The maximum absolute atomic E-state index is 12.2. The molecule has 21 heavy (non-hydrogen) atoms. The predicted molar refractivity (Wildman–Crippen MR) is 81.4 cm³/mol. The largest absolute Gasteiger partial charge is 0.495 e. The van der Waals surface area contributed by atoms with Crippen molar-refractivity contribution < 1.29 is 18.3 Å². The van der Waals surface area contributed by atoms with Crippen LogP contribution in [-0.2, 0) is 0 Å². The quantitative estimate of drug-likeness (QED) is 0.716. The summed E-state index contributed by atoms with van der Waals surface area (Å²) >= 11 is 0. The van der Waals surface area contributed by atoms with Crippen LogP contribution in [0.25, 0.3) is 21.9 Å². The van der Waals surface area contributed by atoms with Gasteiger partial charge in [0.1, 0.15) is 16.9 Å². The normalized spacial score (nSPS) is 10.3. The summed E-state index contributed by atoms with van der Waals surface area (Å²) < 4.78 is 21.7. The minimum absolute atomic E-state index is 0.169. The Morgan fingerprint density at radius 2 is 1.71 bits per heavy atom. The lowest BCUT2D eigenvalue weighted by Gasteiger charge is -2.10. The van der Waals surface area contributed by atoms with E-state index in [1.807, 2.05) is 13.8 Å². The van der Waals surface area contributed by atoms with Gasteiger partial charge in [-0.2, -0.15) is 0 Å². The zero-order valence-electron chi connectivity index (χ0n) is 12.8. The van der Waals surface area contributed by atoms with Crippen LogP contribution in [0.5, 0.6) is 11.5 Å². The van der Waals surface area contributed by atoms with E-state index < -0.39 is 0 Å². The SMILES string of the molecule is CC.COc1c2occc2c(OC)c2c(=O)cc(C)oc12. The maximum Gasteiger partial charge on any atom is 0.206 e. The average Bonchev–Trinajstić information content (AvgIpc) is 2.95. The molecule has 0 aliphatic carbocycles. The number of fused-ring (bicyclic) bond motifs is 2. The molecule has 0 unspecified atom stereocenters. The summed E-state index contributed by atoms with van der Waals surface area (Å²) in [6, 6.07) is 3.16. The fourth-order valence-electron chi connectivity index (χ4n) is 2.28. The molecule has 0 saturated heterocycles. The Kier molecular flexibility index (Phi) is 4.21. The van der Waals surface area contributed by atoms with E-state index >= 15 is 0 Å². The molecular weight excluding hydrogens is 272 g/mol. The molecule has 0 N–H and O–H groups in total. The number of benzene rings is 1. The van der Waals surface area contributed by atoms with Crippen molar-refractivity contribution in [3.63, 3.8) is 0 Å². The molecule has 2 aromatic heterocycles. The summed E-state index contributed by atoms with van der Waals surface area (Å²) in [7, 11) is 3.01. The van der Waals surface area contributed by atoms with Crippen molar-refractivity contribution in [2.75, 3.05) is 14.2 Å². The molecule has 3 rings (SSSR count). The molecule has 0 atom stereocenters. The number of aryl methyl sites for hydroxylation is 1. The van der Waals surface area contributed by atoms with Gasteiger partial charge in [0.2, 0.25) is 5.75 Å². The summed E-state index contributed by atoms with van der Waals surface area (Å²) in [5.41, 5.74) is 0.671. The number of furan rings is 1. The Bertz CT molecular complexity index is 826. The van der Waals surface area contributed by atoms with Gasteiger partial charge in [0.25, 0.3) is 0 Å². The molecule has 112 valence electrons. The second-order valence-electron chi connectivity index (χ2n) is 4.16. The Labute approximate surface area is 122 Å². The minimum Gasteiger partial charge on any atom is -0.495 e. The van der Waals surface area contributed by atoms with Crippen LogP contribution in [0.4, 0.5) is 0 Å². The molecule has 0 aliphatic heterocycles. The molecule has 1 aromatic carbocycles. The fraction of sp³-hybridized carbons (Fsp3) is 0.312. The van der Waals surface area contributed by atoms with E-state index in [-0.39, 0.29) is 5.43 Å². The second-order valence-corrected chi connectivity index (χ2v) is 4.16. The van der Waals surface area contributed by atoms with Crippen LogP contribution in [0, 0.1) is 6.92 Å².